The largest absolute Gasteiger partial charge is 0.128 e. The van der Waals surface area contributed by atoms with E-state index in [-0.39, 0.29) is 0 Å². The standard InChI is InChI=1S/C11H8Cl2S/c1-7-6-9(11(13)14-7)8-4-2-3-5-10(8)12/h2-6H,1H3. The molecule has 0 atom stereocenters. The Hall–Kier alpha value is -0.500. The Morgan fingerprint density at radius 2 is 1.79 bits per heavy atom. The highest BCUT2D eigenvalue weighted by Gasteiger charge is 2.09. The first-order chi connectivity index (χ1) is 6.68. The molecule has 2 aromatic rings. The van der Waals surface area contributed by atoms with Crippen LogP contribution in [0.25, 0.3) is 11.1 Å². The molecule has 1 heterocycles. The van der Waals surface area contributed by atoms with Crippen LogP contribution in [0.3, 0.4) is 0 Å². The summed E-state index contributed by atoms with van der Waals surface area (Å²) in [5.74, 6) is 0. The third-order valence-electron chi connectivity index (χ3n) is 1.97. The van der Waals surface area contributed by atoms with Crippen LogP contribution >= 0.6 is 34.5 Å². The van der Waals surface area contributed by atoms with E-state index in [9.17, 15) is 0 Å². The van der Waals surface area contributed by atoms with Crippen LogP contribution in [-0.4, -0.2) is 0 Å². The zero-order valence-electron chi connectivity index (χ0n) is 7.55. The summed E-state index contributed by atoms with van der Waals surface area (Å²) in [4.78, 5) is 1.20. The van der Waals surface area contributed by atoms with Crippen molar-refractivity contribution < 1.29 is 0 Å². The van der Waals surface area contributed by atoms with E-state index in [1.165, 1.54) is 4.88 Å². The summed E-state index contributed by atoms with van der Waals surface area (Å²) in [7, 11) is 0. The first-order valence-corrected chi connectivity index (χ1v) is 5.76. The smallest absolute Gasteiger partial charge is 0.101 e. The summed E-state index contributed by atoms with van der Waals surface area (Å²) < 4.78 is 0.801. The Morgan fingerprint density at radius 3 is 2.36 bits per heavy atom. The number of hydrogen-bond acceptors (Lipinski definition) is 1. The zero-order chi connectivity index (χ0) is 10.1. The van der Waals surface area contributed by atoms with E-state index in [1.807, 2.05) is 31.2 Å². The van der Waals surface area contributed by atoms with Crippen molar-refractivity contribution in [3.05, 3.63) is 44.6 Å². The van der Waals surface area contributed by atoms with E-state index in [0.29, 0.717) is 0 Å². The molecule has 0 radical (unpaired) electrons. The lowest BCUT2D eigenvalue weighted by Gasteiger charge is -2.01. The second kappa shape index (κ2) is 3.93. The fraction of sp³-hybridized carbons (Fsp3) is 0.0909. The minimum Gasteiger partial charge on any atom is -0.128 e. The number of thiophene rings is 1. The molecule has 3 heteroatoms. The van der Waals surface area contributed by atoms with Gasteiger partial charge in [0.1, 0.15) is 4.34 Å². The van der Waals surface area contributed by atoms with Gasteiger partial charge in [0, 0.05) is 21.0 Å². The number of benzene rings is 1. The molecular formula is C11H8Cl2S. The summed E-state index contributed by atoms with van der Waals surface area (Å²) in [5, 5.41) is 0.743. The van der Waals surface area contributed by atoms with Gasteiger partial charge in [0.2, 0.25) is 0 Å². The lowest BCUT2D eigenvalue weighted by molar-refractivity contribution is 1.61. The third kappa shape index (κ3) is 1.81. The maximum Gasteiger partial charge on any atom is 0.101 e. The number of hydrogen-bond donors (Lipinski definition) is 0. The minimum atomic E-state index is 0.743. The van der Waals surface area contributed by atoms with Gasteiger partial charge in [-0.15, -0.1) is 11.3 Å². The van der Waals surface area contributed by atoms with Gasteiger partial charge in [-0.25, -0.2) is 0 Å². The number of aryl methyl sites for hydroxylation is 1. The Labute approximate surface area is 97.1 Å². The monoisotopic (exact) mass is 242 g/mol. The average Bonchev–Trinajstić information content (AvgIpc) is 2.46. The van der Waals surface area contributed by atoms with Crippen LogP contribution in [-0.2, 0) is 0 Å². The van der Waals surface area contributed by atoms with Crippen LogP contribution in [0.5, 0.6) is 0 Å². The summed E-state index contributed by atoms with van der Waals surface area (Å²) in [5.41, 5.74) is 2.03. The molecule has 1 aromatic heterocycles. The van der Waals surface area contributed by atoms with Gasteiger partial charge in [0.25, 0.3) is 0 Å². The molecule has 0 aliphatic heterocycles. The summed E-state index contributed by atoms with van der Waals surface area (Å²) in [6.45, 7) is 2.04. The zero-order valence-corrected chi connectivity index (χ0v) is 9.88. The van der Waals surface area contributed by atoms with E-state index >= 15 is 0 Å². The second-order valence-electron chi connectivity index (χ2n) is 3.02. The van der Waals surface area contributed by atoms with Crippen LogP contribution in [0.2, 0.25) is 9.36 Å². The Bertz CT molecular complexity index is 460. The molecular weight excluding hydrogens is 235 g/mol. The van der Waals surface area contributed by atoms with E-state index in [4.69, 9.17) is 23.2 Å². The molecule has 0 unspecified atom stereocenters. The highest BCUT2D eigenvalue weighted by atomic mass is 35.5. The SMILES string of the molecule is Cc1cc(-c2ccccc2Cl)c(Cl)s1. The van der Waals surface area contributed by atoms with E-state index in [1.54, 1.807) is 11.3 Å². The van der Waals surface area contributed by atoms with Crippen LogP contribution < -0.4 is 0 Å². The molecule has 72 valence electrons. The van der Waals surface area contributed by atoms with E-state index in [2.05, 4.69) is 6.07 Å². The molecule has 14 heavy (non-hydrogen) atoms. The van der Waals surface area contributed by atoms with Crippen molar-refractivity contribution in [1.82, 2.24) is 0 Å². The van der Waals surface area contributed by atoms with Crippen molar-refractivity contribution >= 4 is 34.5 Å². The Balaban J connectivity index is 2.60. The summed E-state index contributed by atoms with van der Waals surface area (Å²) in [6.07, 6.45) is 0. The predicted molar refractivity (Wildman–Crippen MR) is 64.5 cm³/mol. The second-order valence-corrected chi connectivity index (χ2v) is 5.29. The lowest BCUT2D eigenvalue weighted by atomic mass is 10.1. The summed E-state index contributed by atoms with van der Waals surface area (Å²) in [6, 6.07) is 9.80. The molecule has 0 nitrogen and oxygen atoms in total. The van der Waals surface area contributed by atoms with Crippen molar-refractivity contribution in [2.24, 2.45) is 0 Å². The molecule has 0 bridgehead atoms. The predicted octanol–water partition coefficient (Wildman–Crippen LogP) is 5.03. The van der Waals surface area contributed by atoms with Gasteiger partial charge in [-0.3, -0.25) is 0 Å². The van der Waals surface area contributed by atoms with Crippen molar-refractivity contribution in [2.75, 3.05) is 0 Å². The maximum absolute atomic E-state index is 6.11. The lowest BCUT2D eigenvalue weighted by Crippen LogP contribution is -1.75. The van der Waals surface area contributed by atoms with Crippen molar-refractivity contribution in [2.45, 2.75) is 6.92 Å². The van der Waals surface area contributed by atoms with Crippen LogP contribution in [0.1, 0.15) is 4.88 Å². The van der Waals surface area contributed by atoms with Crippen molar-refractivity contribution in [3.63, 3.8) is 0 Å². The molecule has 0 saturated heterocycles. The molecule has 2 rings (SSSR count). The number of halogens is 2. The maximum atomic E-state index is 6.11. The molecule has 0 spiro atoms. The van der Waals surface area contributed by atoms with Gasteiger partial charge in [-0.1, -0.05) is 41.4 Å². The molecule has 0 aliphatic rings. The molecule has 0 fully saturated rings. The van der Waals surface area contributed by atoms with Crippen molar-refractivity contribution in [1.29, 1.82) is 0 Å². The first kappa shape index (κ1) is 10.0. The minimum absolute atomic E-state index is 0.743. The Kier molecular flexibility index (Phi) is 2.82. The average molecular weight is 243 g/mol. The quantitative estimate of drug-likeness (QED) is 0.658. The molecule has 0 aliphatic carbocycles. The normalized spacial score (nSPS) is 10.5. The molecule has 1 aromatic carbocycles. The van der Waals surface area contributed by atoms with Crippen LogP contribution in [0.4, 0.5) is 0 Å². The highest BCUT2D eigenvalue weighted by molar-refractivity contribution is 7.16. The van der Waals surface area contributed by atoms with Crippen molar-refractivity contribution in [3.8, 4) is 11.1 Å². The molecule has 0 amide bonds. The van der Waals surface area contributed by atoms with Gasteiger partial charge >= 0.3 is 0 Å². The molecule has 0 saturated carbocycles. The Morgan fingerprint density at radius 1 is 1.07 bits per heavy atom. The van der Waals surface area contributed by atoms with Gasteiger partial charge in [-0.05, 0) is 19.1 Å². The van der Waals surface area contributed by atoms with Gasteiger partial charge in [0.05, 0.1) is 0 Å². The fourth-order valence-corrected chi connectivity index (χ4v) is 2.85. The first-order valence-electron chi connectivity index (χ1n) is 4.19. The summed E-state index contributed by atoms with van der Waals surface area (Å²) >= 11 is 13.8. The fourth-order valence-electron chi connectivity index (χ4n) is 1.35. The van der Waals surface area contributed by atoms with Gasteiger partial charge in [-0.2, -0.15) is 0 Å². The van der Waals surface area contributed by atoms with Crippen LogP contribution in [0.15, 0.2) is 30.3 Å². The van der Waals surface area contributed by atoms with Gasteiger partial charge in [0.15, 0.2) is 0 Å². The third-order valence-corrected chi connectivity index (χ3v) is 3.58. The van der Waals surface area contributed by atoms with E-state index in [0.717, 1.165) is 20.5 Å². The van der Waals surface area contributed by atoms with Gasteiger partial charge < -0.3 is 0 Å². The highest BCUT2D eigenvalue weighted by Crippen LogP contribution is 2.38. The number of rotatable bonds is 1. The van der Waals surface area contributed by atoms with E-state index < -0.39 is 0 Å². The topological polar surface area (TPSA) is 0 Å². The molecule has 0 N–H and O–H groups in total. The van der Waals surface area contributed by atoms with Crippen LogP contribution in [0, 0.1) is 6.92 Å².